The normalized spacial score (nSPS) is 11.7. The second-order valence-electron chi connectivity index (χ2n) is 3.15. The van der Waals surface area contributed by atoms with Crippen molar-refractivity contribution in [3.8, 4) is 0 Å². The molecule has 0 saturated carbocycles. The van der Waals surface area contributed by atoms with Gasteiger partial charge in [0.2, 0.25) is 0 Å². The van der Waals surface area contributed by atoms with Crippen molar-refractivity contribution in [3.63, 3.8) is 0 Å². The van der Waals surface area contributed by atoms with Gasteiger partial charge in [-0.15, -0.1) is 11.6 Å². The van der Waals surface area contributed by atoms with Crippen molar-refractivity contribution >= 4 is 21.4 Å². The van der Waals surface area contributed by atoms with Gasteiger partial charge in [-0.25, -0.2) is 22.8 Å². The molecular weight excluding hydrogens is 255 g/mol. The molecule has 0 radical (unpaired) electrons. The predicted octanol–water partition coefficient (Wildman–Crippen LogP) is 1.58. The van der Waals surface area contributed by atoms with Gasteiger partial charge in [-0.2, -0.15) is 0 Å². The molecule has 1 heterocycles. The number of sulfone groups is 1. The average molecular weight is 267 g/mol. The third-order valence-corrected chi connectivity index (χ3v) is 3.97. The first-order chi connectivity index (χ1) is 7.53. The molecule has 1 aromatic rings. The van der Waals surface area contributed by atoms with Crippen LogP contribution in [0.4, 0.5) is 4.39 Å². The maximum Gasteiger partial charge on any atom is 0.198 e. The summed E-state index contributed by atoms with van der Waals surface area (Å²) in [5.74, 6) is -0.834. The van der Waals surface area contributed by atoms with E-state index in [0.717, 1.165) is 6.33 Å². The minimum Gasteiger partial charge on any atom is -0.238 e. The van der Waals surface area contributed by atoms with Crippen LogP contribution >= 0.6 is 11.6 Å². The van der Waals surface area contributed by atoms with Crippen LogP contribution in [0, 0.1) is 5.82 Å². The molecule has 7 heteroatoms. The molecule has 0 aliphatic heterocycles. The average Bonchev–Trinajstić information content (AvgIpc) is 2.26. The van der Waals surface area contributed by atoms with Gasteiger partial charge in [-0.1, -0.05) is 6.92 Å². The number of hydrogen-bond donors (Lipinski definition) is 0. The highest BCUT2D eigenvalue weighted by Crippen LogP contribution is 2.16. The first-order valence-corrected chi connectivity index (χ1v) is 6.99. The summed E-state index contributed by atoms with van der Waals surface area (Å²) in [5.41, 5.74) is 0.111. The molecule has 0 spiro atoms. The Morgan fingerprint density at radius 1 is 1.44 bits per heavy atom. The Hall–Kier alpha value is -0.750. The Labute approximate surface area is 98.8 Å². The van der Waals surface area contributed by atoms with Crippen LogP contribution in [0.1, 0.15) is 19.0 Å². The van der Waals surface area contributed by atoms with E-state index in [0.29, 0.717) is 6.42 Å². The van der Waals surface area contributed by atoms with Gasteiger partial charge < -0.3 is 0 Å². The lowest BCUT2D eigenvalue weighted by atomic mass is 10.3. The van der Waals surface area contributed by atoms with Crippen molar-refractivity contribution in [1.82, 2.24) is 9.97 Å². The molecule has 4 nitrogen and oxygen atoms in total. The maximum absolute atomic E-state index is 13.7. The van der Waals surface area contributed by atoms with E-state index in [1.807, 2.05) is 0 Å². The second-order valence-corrected chi connectivity index (χ2v) is 5.56. The molecule has 0 amide bonds. The Morgan fingerprint density at radius 2 is 2.12 bits per heavy atom. The molecule has 1 aromatic heterocycles. The molecule has 0 aliphatic carbocycles. The van der Waals surface area contributed by atoms with Crippen LogP contribution in [-0.4, -0.2) is 30.0 Å². The predicted molar refractivity (Wildman–Crippen MR) is 58.8 cm³/mol. The van der Waals surface area contributed by atoms with Crippen molar-refractivity contribution in [3.05, 3.63) is 17.8 Å². The lowest BCUT2D eigenvalue weighted by molar-refractivity contribution is 0.535. The lowest BCUT2D eigenvalue weighted by Crippen LogP contribution is -2.13. The van der Waals surface area contributed by atoms with Gasteiger partial charge in [-0.3, -0.25) is 0 Å². The van der Waals surface area contributed by atoms with Crippen LogP contribution < -0.4 is 0 Å². The van der Waals surface area contributed by atoms with E-state index < -0.39 is 20.7 Å². The lowest BCUT2D eigenvalue weighted by Gasteiger charge is -2.05. The van der Waals surface area contributed by atoms with E-state index >= 15 is 0 Å². The molecular formula is C9H12ClFN2O2S. The van der Waals surface area contributed by atoms with Crippen molar-refractivity contribution in [2.45, 2.75) is 24.8 Å². The highest BCUT2D eigenvalue weighted by atomic mass is 35.5. The SMILES string of the molecule is CCc1ncnc(S(=O)(=O)CCCCl)c1F. The number of hydrogen-bond acceptors (Lipinski definition) is 4. The van der Waals surface area contributed by atoms with E-state index in [9.17, 15) is 12.8 Å². The monoisotopic (exact) mass is 266 g/mol. The van der Waals surface area contributed by atoms with Crippen molar-refractivity contribution in [2.75, 3.05) is 11.6 Å². The van der Waals surface area contributed by atoms with Gasteiger partial charge in [0.05, 0.1) is 11.4 Å². The summed E-state index contributed by atoms with van der Waals surface area (Å²) >= 11 is 5.40. The third kappa shape index (κ3) is 2.89. The number of aryl methyl sites for hydroxylation is 1. The van der Waals surface area contributed by atoms with Crippen LogP contribution in [0.15, 0.2) is 11.4 Å². The summed E-state index contributed by atoms with van der Waals surface area (Å²) in [7, 11) is -3.70. The molecule has 0 N–H and O–H groups in total. The zero-order chi connectivity index (χ0) is 12.2. The zero-order valence-corrected chi connectivity index (χ0v) is 10.4. The van der Waals surface area contributed by atoms with Gasteiger partial charge in [0.1, 0.15) is 6.33 Å². The molecule has 0 fully saturated rings. The summed E-state index contributed by atoms with van der Waals surface area (Å²) < 4.78 is 37.0. The van der Waals surface area contributed by atoms with E-state index in [1.54, 1.807) is 6.92 Å². The minimum absolute atomic E-state index is 0.111. The van der Waals surface area contributed by atoms with E-state index in [4.69, 9.17) is 11.6 Å². The third-order valence-electron chi connectivity index (χ3n) is 2.01. The molecule has 0 bridgehead atoms. The largest absolute Gasteiger partial charge is 0.238 e. The number of alkyl halides is 1. The summed E-state index contributed by atoms with van der Waals surface area (Å²) in [4.78, 5) is 7.17. The number of rotatable bonds is 5. The van der Waals surface area contributed by atoms with E-state index in [1.165, 1.54) is 0 Å². The highest BCUT2D eigenvalue weighted by molar-refractivity contribution is 7.91. The number of halogens is 2. The Kier molecular flexibility index (Phi) is 4.61. The van der Waals surface area contributed by atoms with Gasteiger partial charge in [-0.05, 0) is 12.8 Å². The van der Waals surface area contributed by atoms with Crippen LogP contribution in [-0.2, 0) is 16.3 Å². The van der Waals surface area contributed by atoms with Crippen LogP contribution in [0.3, 0.4) is 0 Å². The Balaban J connectivity index is 3.13. The topological polar surface area (TPSA) is 59.9 Å². The maximum atomic E-state index is 13.7. The standard InChI is InChI=1S/C9H12ClFN2O2S/c1-2-7-8(11)9(13-6-12-7)16(14,15)5-3-4-10/h6H,2-5H2,1H3. The number of nitrogens with zero attached hydrogens (tertiary/aromatic N) is 2. The van der Waals surface area contributed by atoms with Crippen molar-refractivity contribution in [1.29, 1.82) is 0 Å². The van der Waals surface area contributed by atoms with Gasteiger partial charge in [0.15, 0.2) is 20.7 Å². The Morgan fingerprint density at radius 3 is 2.69 bits per heavy atom. The summed E-state index contributed by atoms with van der Waals surface area (Å²) in [5, 5.41) is -0.524. The van der Waals surface area contributed by atoms with E-state index in [-0.39, 0.29) is 23.7 Å². The van der Waals surface area contributed by atoms with Gasteiger partial charge >= 0.3 is 0 Å². The fourth-order valence-corrected chi connectivity index (χ4v) is 2.80. The fraction of sp³-hybridized carbons (Fsp3) is 0.556. The van der Waals surface area contributed by atoms with Crippen LogP contribution in [0.5, 0.6) is 0 Å². The molecule has 90 valence electrons. The molecule has 0 unspecified atom stereocenters. The zero-order valence-electron chi connectivity index (χ0n) is 8.78. The van der Waals surface area contributed by atoms with Crippen molar-refractivity contribution < 1.29 is 12.8 Å². The van der Waals surface area contributed by atoms with Gasteiger partial charge in [0.25, 0.3) is 0 Å². The smallest absolute Gasteiger partial charge is 0.198 e. The molecule has 0 aliphatic rings. The summed E-state index contributed by atoms with van der Waals surface area (Å²) in [6.45, 7) is 1.70. The van der Waals surface area contributed by atoms with Gasteiger partial charge in [0, 0.05) is 5.88 Å². The fourth-order valence-electron chi connectivity index (χ4n) is 1.19. The summed E-state index contributed by atoms with van der Waals surface area (Å²) in [6, 6.07) is 0. The van der Waals surface area contributed by atoms with Crippen LogP contribution in [0.2, 0.25) is 0 Å². The number of aromatic nitrogens is 2. The van der Waals surface area contributed by atoms with Crippen LogP contribution in [0.25, 0.3) is 0 Å². The minimum atomic E-state index is -3.70. The molecule has 1 rings (SSSR count). The first-order valence-electron chi connectivity index (χ1n) is 4.81. The van der Waals surface area contributed by atoms with Crippen molar-refractivity contribution in [2.24, 2.45) is 0 Å². The molecule has 0 saturated heterocycles. The summed E-state index contributed by atoms with van der Waals surface area (Å²) in [6.07, 6.45) is 1.66. The molecule has 0 atom stereocenters. The first kappa shape index (κ1) is 13.3. The second kappa shape index (κ2) is 5.54. The molecule has 16 heavy (non-hydrogen) atoms. The Bertz CT molecular complexity index is 465. The quantitative estimate of drug-likeness (QED) is 0.600. The van der Waals surface area contributed by atoms with E-state index in [2.05, 4.69) is 9.97 Å². The molecule has 0 aromatic carbocycles. The highest BCUT2D eigenvalue weighted by Gasteiger charge is 2.22.